The number of nitrogens with one attached hydrogen (secondary N) is 2. The summed E-state index contributed by atoms with van der Waals surface area (Å²) in [6.07, 6.45) is 6.05. The molecular weight excluding hydrogens is 226 g/mol. The van der Waals surface area contributed by atoms with Crippen molar-refractivity contribution >= 4 is 22.4 Å². The van der Waals surface area contributed by atoms with E-state index in [9.17, 15) is 4.79 Å². The lowest BCUT2D eigenvalue weighted by molar-refractivity contribution is -0.116. The van der Waals surface area contributed by atoms with Crippen LogP contribution in [-0.2, 0) is 4.79 Å². The lowest BCUT2D eigenvalue weighted by Gasteiger charge is -2.16. The van der Waals surface area contributed by atoms with Gasteiger partial charge >= 0.3 is 0 Å². The molecule has 3 rings (SSSR count). The molecule has 0 radical (unpaired) electrons. The van der Waals surface area contributed by atoms with Gasteiger partial charge in [-0.25, -0.2) is 0 Å². The zero-order valence-electron chi connectivity index (χ0n) is 9.81. The van der Waals surface area contributed by atoms with Gasteiger partial charge in [0.15, 0.2) is 0 Å². The highest BCUT2D eigenvalue weighted by Crippen LogP contribution is 2.24. The van der Waals surface area contributed by atoms with Crippen molar-refractivity contribution in [2.75, 3.05) is 11.9 Å². The maximum Gasteiger partial charge on any atom is 0.245 e. The van der Waals surface area contributed by atoms with E-state index in [2.05, 4.69) is 15.6 Å². The Hall–Kier alpha value is -2.36. The summed E-state index contributed by atoms with van der Waals surface area (Å²) in [5, 5.41) is 8.29. The average Bonchev–Trinajstić information content (AvgIpc) is 2.39. The lowest BCUT2D eigenvalue weighted by atomic mass is 10.1. The van der Waals surface area contributed by atoms with E-state index in [0.29, 0.717) is 6.54 Å². The molecule has 1 amide bonds. The maximum atomic E-state index is 11.3. The fourth-order valence-corrected chi connectivity index (χ4v) is 2.10. The number of carbonyl (C=O) groups excluding carboxylic acids is 1. The molecule has 0 spiro atoms. The minimum atomic E-state index is -0.0364. The third-order valence-electron chi connectivity index (χ3n) is 2.97. The van der Waals surface area contributed by atoms with Gasteiger partial charge in [-0.05, 0) is 12.1 Å². The van der Waals surface area contributed by atoms with E-state index in [1.54, 1.807) is 12.3 Å². The molecule has 2 aromatic rings. The zero-order valence-corrected chi connectivity index (χ0v) is 9.81. The number of hydrogen-bond donors (Lipinski definition) is 2. The minimum Gasteiger partial charge on any atom is -0.358 e. The molecule has 1 aromatic carbocycles. The Morgan fingerprint density at radius 2 is 2.22 bits per heavy atom. The van der Waals surface area contributed by atoms with Gasteiger partial charge in [0.05, 0.1) is 0 Å². The number of carbonyl (C=O) groups is 1. The second-order valence-corrected chi connectivity index (χ2v) is 4.24. The Morgan fingerprint density at radius 3 is 3.11 bits per heavy atom. The van der Waals surface area contributed by atoms with Crippen LogP contribution in [-0.4, -0.2) is 17.4 Å². The SMILES string of the molecule is O=C1C=C(Nc2cccc3cnccc23)CCN1. The van der Waals surface area contributed by atoms with E-state index in [1.165, 1.54) is 0 Å². The smallest absolute Gasteiger partial charge is 0.245 e. The van der Waals surface area contributed by atoms with E-state index in [0.717, 1.165) is 28.6 Å². The summed E-state index contributed by atoms with van der Waals surface area (Å²) in [6.45, 7) is 0.685. The van der Waals surface area contributed by atoms with Gasteiger partial charge in [0, 0.05) is 53.6 Å². The standard InChI is InChI=1S/C14H13N3O/c18-14-8-11(4-7-16-14)17-13-3-1-2-10-9-15-6-5-12(10)13/h1-3,5-6,8-9,17H,4,7H2,(H,16,18). The molecule has 1 aliphatic heterocycles. The first-order valence-electron chi connectivity index (χ1n) is 5.91. The summed E-state index contributed by atoms with van der Waals surface area (Å²) in [7, 11) is 0. The first-order chi connectivity index (χ1) is 8.83. The van der Waals surface area contributed by atoms with Gasteiger partial charge in [0.1, 0.15) is 0 Å². The number of amides is 1. The average molecular weight is 239 g/mol. The zero-order chi connectivity index (χ0) is 12.4. The van der Waals surface area contributed by atoms with E-state index in [-0.39, 0.29) is 5.91 Å². The van der Waals surface area contributed by atoms with Gasteiger partial charge in [0.2, 0.25) is 5.91 Å². The van der Waals surface area contributed by atoms with Gasteiger partial charge in [-0.2, -0.15) is 0 Å². The minimum absolute atomic E-state index is 0.0364. The van der Waals surface area contributed by atoms with Crippen molar-refractivity contribution < 1.29 is 4.79 Å². The van der Waals surface area contributed by atoms with E-state index in [1.807, 2.05) is 30.5 Å². The monoisotopic (exact) mass is 239 g/mol. The van der Waals surface area contributed by atoms with Gasteiger partial charge in [-0.1, -0.05) is 12.1 Å². The highest BCUT2D eigenvalue weighted by atomic mass is 16.1. The van der Waals surface area contributed by atoms with E-state index in [4.69, 9.17) is 0 Å². The summed E-state index contributed by atoms with van der Waals surface area (Å²) in [6, 6.07) is 7.99. The Labute approximate surface area is 105 Å². The molecule has 0 aliphatic carbocycles. The second kappa shape index (κ2) is 4.49. The Kier molecular flexibility index (Phi) is 2.68. The summed E-state index contributed by atoms with van der Waals surface area (Å²) in [5.41, 5.74) is 1.96. The second-order valence-electron chi connectivity index (χ2n) is 4.24. The molecule has 0 fully saturated rings. The molecule has 0 unspecified atom stereocenters. The molecule has 0 saturated heterocycles. The van der Waals surface area contributed by atoms with Crippen LogP contribution in [0.2, 0.25) is 0 Å². The number of nitrogens with zero attached hydrogens (tertiary/aromatic N) is 1. The van der Waals surface area contributed by atoms with Gasteiger partial charge in [-0.15, -0.1) is 0 Å². The number of fused-ring (bicyclic) bond motifs is 1. The van der Waals surface area contributed by atoms with Crippen LogP contribution in [0, 0.1) is 0 Å². The predicted octanol–water partition coefficient (Wildman–Crippen LogP) is 2.05. The van der Waals surface area contributed by atoms with Crippen molar-refractivity contribution in [2.24, 2.45) is 0 Å². The van der Waals surface area contributed by atoms with Gasteiger partial charge in [-0.3, -0.25) is 9.78 Å². The number of pyridine rings is 1. The predicted molar refractivity (Wildman–Crippen MR) is 71.1 cm³/mol. The molecule has 90 valence electrons. The summed E-state index contributed by atoms with van der Waals surface area (Å²) < 4.78 is 0. The summed E-state index contributed by atoms with van der Waals surface area (Å²) in [4.78, 5) is 15.4. The fourth-order valence-electron chi connectivity index (χ4n) is 2.10. The quantitative estimate of drug-likeness (QED) is 0.843. The van der Waals surface area contributed by atoms with Crippen LogP contribution < -0.4 is 10.6 Å². The maximum absolute atomic E-state index is 11.3. The van der Waals surface area contributed by atoms with Crippen molar-refractivity contribution in [3.05, 3.63) is 48.4 Å². The van der Waals surface area contributed by atoms with Crippen LogP contribution in [0.1, 0.15) is 6.42 Å². The van der Waals surface area contributed by atoms with Crippen molar-refractivity contribution in [1.29, 1.82) is 0 Å². The summed E-state index contributed by atoms with van der Waals surface area (Å²) >= 11 is 0. The molecule has 0 bridgehead atoms. The fraction of sp³-hybridized carbons (Fsp3) is 0.143. The van der Waals surface area contributed by atoms with Crippen LogP contribution >= 0.6 is 0 Å². The normalized spacial score (nSPS) is 15.1. The lowest BCUT2D eigenvalue weighted by Crippen LogP contribution is -2.28. The van der Waals surface area contributed by atoms with Crippen molar-refractivity contribution in [3.8, 4) is 0 Å². The van der Waals surface area contributed by atoms with Crippen molar-refractivity contribution in [3.63, 3.8) is 0 Å². The highest BCUT2D eigenvalue weighted by Gasteiger charge is 2.09. The van der Waals surface area contributed by atoms with E-state index < -0.39 is 0 Å². The Balaban J connectivity index is 1.97. The van der Waals surface area contributed by atoms with Crippen LogP contribution in [0.5, 0.6) is 0 Å². The number of anilines is 1. The highest BCUT2D eigenvalue weighted by molar-refractivity contribution is 5.95. The van der Waals surface area contributed by atoms with Crippen LogP contribution in [0.3, 0.4) is 0 Å². The van der Waals surface area contributed by atoms with Gasteiger partial charge < -0.3 is 10.6 Å². The number of aromatic nitrogens is 1. The van der Waals surface area contributed by atoms with E-state index >= 15 is 0 Å². The van der Waals surface area contributed by atoms with Crippen molar-refractivity contribution in [2.45, 2.75) is 6.42 Å². The number of rotatable bonds is 2. The molecule has 4 nitrogen and oxygen atoms in total. The van der Waals surface area contributed by atoms with Crippen molar-refractivity contribution in [1.82, 2.24) is 10.3 Å². The molecule has 0 saturated carbocycles. The first kappa shape index (κ1) is 10.8. The number of hydrogen-bond acceptors (Lipinski definition) is 3. The third-order valence-corrected chi connectivity index (χ3v) is 2.97. The molecule has 1 aliphatic rings. The molecule has 2 heterocycles. The summed E-state index contributed by atoms with van der Waals surface area (Å²) in [5.74, 6) is -0.0364. The molecule has 4 heteroatoms. The first-order valence-corrected chi connectivity index (χ1v) is 5.91. The molecule has 0 atom stereocenters. The topological polar surface area (TPSA) is 54.0 Å². The molecule has 1 aromatic heterocycles. The Bertz CT molecular complexity index is 628. The third kappa shape index (κ3) is 2.05. The van der Waals surface area contributed by atoms with Crippen LogP contribution in [0.25, 0.3) is 10.8 Å². The number of benzene rings is 1. The Morgan fingerprint density at radius 1 is 1.28 bits per heavy atom. The largest absolute Gasteiger partial charge is 0.358 e. The van der Waals surface area contributed by atoms with Gasteiger partial charge in [0.25, 0.3) is 0 Å². The molecule has 2 N–H and O–H groups in total. The van der Waals surface area contributed by atoms with Crippen LogP contribution in [0.15, 0.2) is 48.4 Å². The molecular formula is C14H13N3O. The molecule has 18 heavy (non-hydrogen) atoms. The van der Waals surface area contributed by atoms with Crippen LogP contribution in [0.4, 0.5) is 5.69 Å².